The topological polar surface area (TPSA) is 29.5 Å². The molecule has 0 atom stereocenters. The van der Waals surface area contributed by atoms with Gasteiger partial charge in [0.05, 0.1) is 17.8 Å². The zero-order valence-electron chi connectivity index (χ0n) is 12.2. The second-order valence-corrected chi connectivity index (χ2v) is 5.15. The molecule has 3 nitrogen and oxygen atoms in total. The first-order valence-corrected chi connectivity index (χ1v) is 7.13. The Hall–Kier alpha value is -2.00. The summed E-state index contributed by atoms with van der Waals surface area (Å²) in [6.07, 6.45) is 0.401. The summed E-state index contributed by atoms with van der Waals surface area (Å²) in [6, 6.07) is 14.9. The fourth-order valence-electron chi connectivity index (χ4n) is 2.16. The minimum absolute atomic E-state index is 0.0438. The van der Waals surface area contributed by atoms with Gasteiger partial charge in [0.2, 0.25) is 0 Å². The number of carbonyl (C=O) groups is 1. The van der Waals surface area contributed by atoms with Crippen molar-refractivity contribution >= 4 is 23.1 Å². The molecule has 0 aromatic heterocycles. The molecule has 2 aromatic rings. The van der Waals surface area contributed by atoms with Crippen molar-refractivity contribution in [2.75, 3.05) is 25.6 Å². The van der Waals surface area contributed by atoms with Gasteiger partial charge in [-0.2, -0.15) is 0 Å². The molecule has 0 saturated carbocycles. The van der Waals surface area contributed by atoms with Crippen LogP contribution in [0.2, 0.25) is 5.02 Å². The van der Waals surface area contributed by atoms with Crippen molar-refractivity contribution in [2.24, 2.45) is 0 Å². The molecule has 0 aliphatic heterocycles. The second-order valence-electron chi connectivity index (χ2n) is 4.75. The van der Waals surface area contributed by atoms with Gasteiger partial charge in [0.1, 0.15) is 5.75 Å². The molecule has 2 rings (SSSR count). The van der Waals surface area contributed by atoms with Crippen LogP contribution in [0.25, 0.3) is 0 Å². The van der Waals surface area contributed by atoms with Crippen LogP contribution in [0, 0.1) is 0 Å². The van der Waals surface area contributed by atoms with Crippen molar-refractivity contribution < 1.29 is 9.53 Å². The monoisotopic (exact) mass is 303 g/mol. The van der Waals surface area contributed by atoms with Crippen LogP contribution in [0.1, 0.15) is 16.8 Å². The average molecular weight is 304 g/mol. The zero-order chi connectivity index (χ0) is 15.2. The first-order valence-electron chi connectivity index (χ1n) is 6.75. The number of Topliss-reactive ketones (excluding diaryl/α,β-unsaturated/α-hetero) is 1. The van der Waals surface area contributed by atoms with E-state index < -0.39 is 0 Å². The van der Waals surface area contributed by atoms with Crippen molar-refractivity contribution in [3.63, 3.8) is 0 Å². The van der Waals surface area contributed by atoms with Gasteiger partial charge in [-0.1, -0.05) is 35.9 Å². The summed E-state index contributed by atoms with van der Waals surface area (Å²) in [6.45, 7) is 0.602. The Morgan fingerprint density at radius 1 is 1.14 bits per heavy atom. The van der Waals surface area contributed by atoms with Crippen LogP contribution in [0.5, 0.6) is 5.75 Å². The summed E-state index contributed by atoms with van der Waals surface area (Å²) < 4.78 is 5.33. The number of ether oxygens (including phenoxy) is 1. The van der Waals surface area contributed by atoms with E-state index in [0.29, 0.717) is 23.6 Å². The lowest BCUT2D eigenvalue weighted by Gasteiger charge is -2.21. The van der Waals surface area contributed by atoms with E-state index in [2.05, 4.69) is 0 Å². The number of nitrogens with zero attached hydrogens (tertiary/aromatic N) is 1. The number of hydrogen-bond donors (Lipinski definition) is 0. The second kappa shape index (κ2) is 7.14. The highest BCUT2D eigenvalue weighted by molar-refractivity contribution is 6.33. The maximum absolute atomic E-state index is 12.2. The lowest BCUT2D eigenvalue weighted by Crippen LogP contribution is -2.21. The number of methoxy groups -OCH3 is 1. The number of ketones is 1. The maximum atomic E-state index is 12.2. The van der Waals surface area contributed by atoms with Crippen LogP contribution in [0.4, 0.5) is 5.69 Å². The molecule has 0 amide bonds. The van der Waals surface area contributed by atoms with E-state index in [9.17, 15) is 4.79 Å². The van der Waals surface area contributed by atoms with Gasteiger partial charge < -0.3 is 9.64 Å². The summed E-state index contributed by atoms with van der Waals surface area (Å²) in [5, 5.41) is 0.502. The van der Waals surface area contributed by atoms with Gasteiger partial charge in [0, 0.05) is 25.6 Å². The molecule has 110 valence electrons. The predicted octanol–water partition coefficient (Wildman–Crippen LogP) is 4.06. The molecule has 0 N–H and O–H groups in total. The van der Waals surface area contributed by atoms with Gasteiger partial charge in [-0.3, -0.25) is 4.79 Å². The van der Waals surface area contributed by atoms with Gasteiger partial charge in [0.15, 0.2) is 5.78 Å². The first kappa shape index (κ1) is 15.4. The Morgan fingerprint density at radius 3 is 2.52 bits per heavy atom. The van der Waals surface area contributed by atoms with Gasteiger partial charge >= 0.3 is 0 Å². The van der Waals surface area contributed by atoms with Crippen LogP contribution in [-0.2, 0) is 0 Å². The highest BCUT2D eigenvalue weighted by atomic mass is 35.5. The fourth-order valence-corrected chi connectivity index (χ4v) is 2.40. The number of anilines is 1. The molecule has 0 unspecified atom stereocenters. The lowest BCUT2D eigenvalue weighted by molar-refractivity contribution is 0.0985. The number of halogens is 1. The minimum Gasteiger partial charge on any atom is -0.495 e. The van der Waals surface area contributed by atoms with Crippen LogP contribution >= 0.6 is 11.6 Å². The normalized spacial score (nSPS) is 10.2. The fraction of sp³-hybridized carbons (Fsp3) is 0.235. The van der Waals surface area contributed by atoms with E-state index in [0.717, 1.165) is 11.4 Å². The molecule has 4 heteroatoms. The van der Waals surface area contributed by atoms with Crippen LogP contribution in [0.15, 0.2) is 48.5 Å². The molecule has 0 aliphatic rings. The van der Waals surface area contributed by atoms with Gasteiger partial charge in [-0.05, 0) is 24.3 Å². The van der Waals surface area contributed by atoms with Crippen molar-refractivity contribution in [2.45, 2.75) is 6.42 Å². The molecule has 0 aliphatic carbocycles. The Bertz CT molecular complexity index is 628. The number of rotatable bonds is 6. The zero-order valence-corrected chi connectivity index (χ0v) is 12.9. The van der Waals surface area contributed by atoms with Gasteiger partial charge in [0.25, 0.3) is 0 Å². The number of benzene rings is 2. The standard InChI is InChI=1S/C17H18ClNO2/c1-19(15-9-5-6-10-17(15)21-2)12-11-16(20)13-7-3-4-8-14(13)18/h3-10H,11-12H2,1-2H3. The van der Waals surface area contributed by atoms with Crippen LogP contribution in [0.3, 0.4) is 0 Å². The molecule has 0 spiro atoms. The molecule has 0 saturated heterocycles. The number of hydrogen-bond acceptors (Lipinski definition) is 3. The molecule has 0 bridgehead atoms. The van der Waals surface area contributed by atoms with E-state index in [-0.39, 0.29) is 5.78 Å². The molecule has 21 heavy (non-hydrogen) atoms. The highest BCUT2D eigenvalue weighted by Gasteiger charge is 2.12. The summed E-state index contributed by atoms with van der Waals surface area (Å²) in [4.78, 5) is 14.2. The average Bonchev–Trinajstić information content (AvgIpc) is 2.52. The quantitative estimate of drug-likeness (QED) is 0.754. The lowest BCUT2D eigenvalue weighted by atomic mass is 10.1. The maximum Gasteiger partial charge on any atom is 0.166 e. The third-order valence-electron chi connectivity index (χ3n) is 3.34. The summed E-state index contributed by atoms with van der Waals surface area (Å²) in [7, 11) is 3.58. The van der Waals surface area contributed by atoms with E-state index in [1.807, 2.05) is 48.3 Å². The molecule has 0 radical (unpaired) electrons. The van der Waals surface area contributed by atoms with Gasteiger partial charge in [-0.25, -0.2) is 0 Å². The first-order chi connectivity index (χ1) is 10.1. The SMILES string of the molecule is COc1ccccc1N(C)CCC(=O)c1ccccc1Cl. The van der Waals surface area contributed by atoms with Crippen LogP contribution in [-0.4, -0.2) is 26.5 Å². The highest BCUT2D eigenvalue weighted by Crippen LogP contribution is 2.27. The van der Waals surface area contributed by atoms with Gasteiger partial charge in [-0.15, -0.1) is 0 Å². The Balaban J connectivity index is 2.03. The van der Waals surface area contributed by atoms with Crippen molar-refractivity contribution in [1.82, 2.24) is 0 Å². The third-order valence-corrected chi connectivity index (χ3v) is 3.67. The summed E-state index contributed by atoms with van der Waals surface area (Å²) in [5.74, 6) is 0.840. The van der Waals surface area contributed by atoms with Crippen molar-refractivity contribution in [3.8, 4) is 5.75 Å². The predicted molar refractivity (Wildman–Crippen MR) is 86.7 cm³/mol. The molecule has 2 aromatic carbocycles. The van der Waals surface area contributed by atoms with E-state index in [4.69, 9.17) is 16.3 Å². The minimum atomic E-state index is 0.0438. The molecular weight excluding hydrogens is 286 g/mol. The van der Waals surface area contributed by atoms with E-state index >= 15 is 0 Å². The number of para-hydroxylation sites is 2. The Kier molecular flexibility index (Phi) is 5.23. The summed E-state index contributed by atoms with van der Waals surface area (Å²) in [5.41, 5.74) is 1.54. The molecule has 0 fully saturated rings. The van der Waals surface area contributed by atoms with Crippen molar-refractivity contribution in [1.29, 1.82) is 0 Å². The molecular formula is C17H18ClNO2. The van der Waals surface area contributed by atoms with Crippen molar-refractivity contribution in [3.05, 3.63) is 59.1 Å². The Morgan fingerprint density at radius 2 is 1.81 bits per heavy atom. The third kappa shape index (κ3) is 3.76. The largest absolute Gasteiger partial charge is 0.495 e. The Labute approximate surface area is 130 Å². The molecule has 0 heterocycles. The van der Waals surface area contributed by atoms with E-state index in [1.165, 1.54) is 0 Å². The smallest absolute Gasteiger partial charge is 0.166 e. The van der Waals surface area contributed by atoms with E-state index in [1.54, 1.807) is 19.2 Å². The summed E-state index contributed by atoms with van der Waals surface area (Å²) >= 11 is 6.04. The number of carbonyl (C=O) groups excluding carboxylic acids is 1. The van der Waals surface area contributed by atoms with Crippen LogP contribution < -0.4 is 9.64 Å².